The molecule has 1 N–H and O–H groups in total. The Hall–Kier alpha value is -4.63. The number of phosphoric acid groups is 1. The van der Waals surface area contributed by atoms with Gasteiger partial charge in [0.15, 0.2) is 6.10 Å². The molecule has 0 aromatic heterocycles. The van der Waals surface area contributed by atoms with Crippen LogP contribution < -0.4 is 0 Å². The topological polar surface area (TPSA) is 108 Å². The maximum atomic E-state index is 12.9. The maximum absolute atomic E-state index is 12.9. The molecule has 2 unspecified atom stereocenters. The first-order valence-electron chi connectivity index (χ1n) is 36.9. The van der Waals surface area contributed by atoms with Crippen molar-refractivity contribution in [1.29, 1.82) is 0 Å². The quantitative estimate of drug-likeness (QED) is 0.0211. The zero-order valence-electron chi connectivity index (χ0n) is 59.5. The lowest BCUT2D eigenvalue weighted by Gasteiger charge is -2.24. The third-order valence-electron chi connectivity index (χ3n) is 15.2. The van der Waals surface area contributed by atoms with Gasteiger partial charge < -0.3 is 18.9 Å². The normalized spacial score (nSPS) is 14.1. The molecule has 0 aromatic carbocycles. The molecule has 0 bridgehead atoms. The van der Waals surface area contributed by atoms with Crippen molar-refractivity contribution >= 4 is 19.8 Å². The van der Waals surface area contributed by atoms with Crippen molar-refractivity contribution in [1.82, 2.24) is 0 Å². The molecule has 9 nitrogen and oxygen atoms in total. The standard InChI is InChI=1S/C82H136NO8P/c1-6-8-10-12-14-16-18-20-22-24-26-28-30-32-34-36-37-38-39-40-41-42-43-44-45-47-49-51-53-55-57-59-61-63-65-67-69-71-73-75-82(85)91-80(79-90-92(86,87)89-77-76-83(3,4)5)78-88-81(84)74-72-70-68-66-64-62-60-58-56-54-52-50-48-46-35-33-31-29-27-25-23-21-19-17-15-13-11-9-7-2/h8,10,14,16,19-22,25-28,31-34,37-38,40-41,43-44,47,49,53,55,59,61,80H,6-7,9,11-13,15,17-18,23-24,29-30,35-36,39,42,45-46,48,50-52,54,56-58,60,62-79H2,1-5H3/p+1/b10-8-,16-14-,21-19-,22-20-,27-25-,28-26-,33-31-,34-32-,38-37-,41-40-,44-43-,49-47-,55-53-,61-59-. The number of esters is 2. The molecule has 0 aliphatic rings. The molecule has 0 aromatic rings. The van der Waals surface area contributed by atoms with Gasteiger partial charge in [-0.15, -0.1) is 0 Å². The average Bonchev–Trinajstić information content (AvgIpc) is 2.14. The summed E-state index contributed by atoms with van der Waals surface area (Å²) in [6.45, 7) is 4.28. The molecular weight excluding hydrogens is 1160 g/mol. The molecule has 0 fully saturated rings. The Morgan fingerprint density at radius 1 is 0.348 bits per heavy atom. The van der Waals surface area contributed by atoms with E-state index < -0.39 is 26.5 Å². The monoisotopic (exact) mass is 1300 g/mol. The summed E-state index contributed by atoms with van der Waals surface area (Å²) in [6.07, 6.45) is 107. The first-order chi connectivity index (χ1) is 45.0. The smallest absolute Gasteiger partial charge is 0.462 e. The maximum Gasteiger partial charge on any atom is 0.472 e. The van der Waals surface area contributed by atoms with Crippen LogP contribution in [0, 0.1) is 0 Å². The van der Waals surface area contributed by atoms with E-state index in [-0.39, 0.29) is 32.0 Å². The minimum absolute atomic E-state index is 0.0191. The predicted octanol–water partition coefficient (Wildman–Crippen LogP) is 24.5. The summed E-state index contributed by atoms with van der Waals surface area (Å²) < 4.78 is 34.7. The number of hydrogen-bond acceptors (Lipinski definition) is 7. The van der Waals surface area contributed by atoms with Gasteiger partial charge in [-0.3, -0.25) is 18.6 Å². The molecule has 522 valence electrons. The Kier molecular flexibility index (Phi) is 67.1. The molecule has 2 atom stereocenters. The summed E-state index contributed by atoms with van der Waals surface area (Å²) >= 11 is 0. The van der Waals surface area contributed by atoms with Gasteiger partial charge in [-0.2, -0.15) is 0 Å². The third-order valence-corrected chi connectivity index (χ3v) is 16.2. The Morgan fingerprint density at radius 3 is 0.924 bits per heavy atom. The number of quaternary nitrogens is 1. The van der Waals surface area contributed by atoms with Crippen molar-refractivity contribution in [2.24, 2.45) is 0 Å². The number of carbonyl (C=O) groups excluding carboxylic acids is 2. The molecular formula is C82H137NO8P+. The van der Waals surface area contributed by atoms with E-state index in [1.165, 1.54) is 116 Å². The van der Waals surface area contributed by atoms with Crippen LogP contribution in [-0.4, -0.2) is 74.9 Å². The largest absolute Gasteiger partial charge is 0.472 e. The van der Waals surface area contributed by atoms with E-state index in [1.807, 2.05) is 21.1 Å². The molecule has 0 saturated heterocycles. The Labute approximate surface area is 566 Å². The van der Waals surface area contributed by atoms with Crippen LogP contribution in [0.1, 0.15) is 284 Å². The Bertz CT molecular complexity index is 2160. The van der Waals surface area contributed by atoms with Crippen molar-refractivity contribution in [2.75, 3.05) is 47.5 Å². The van der Waals surface area contributed by atoms with Crippen molar-refractivity contribution in [3.05, 3.63) is 170 Å². The molecule has 0 aliphatic heterocycles. The van der Waals surface area contributed by atoms with Gasteiger partial charge in [0, 0.05) is 12.8 Å². The number of hydrogen-bond donors (Lipinski definition) is 1. The minimum Gasteiger partial charge on any atom is -0.462 e. The van der Waals surface area contributed by atoms with Crippen molar-refractivity contribution < 1.29 is 42.1 Å². The van der Waals surface area contributed by atoms with Crippen LogP contribution in [0.25, 0.3) is 0 Å². The number of carbonyl (C=O) groups is 2. The van der Waals surface area contributed by atoms with Crippen molar-refractivity contribution in [3.8, 4) is 0 Å². The summed E-state index contributed by atoms with van der Waals surface area (Å²) in [6, 6.07) is 0. The van der Waals surface area contributed by atoms with E-state index in [9.17, 15) is 19.0 Å². The van der Waals surface area contributed by atoms with E-state index in [0.29, 0.717) is 17.4 Å². The number of phosphoric ester groups is 1. The van der Waals surface area contributed by atoms with Gasteiger partial charge in [0.2, 0.25) is 0 Å². The molecule has 0 amide bonds. The Balaban J connectivity index is 4.15. The van der Waals surface area contributed by atoms with Crippen molar-refractivity contribution in [3.63, 3.8) is 0 Å². The van der Waals surface area contributed by atoms with Gasteiger partial charge >= 0.3 is 19.8 Å². The second-order valence-electron chi connectivity index (χ2n) is 25.2. The highest BCUT2D eigenvalue weighted by molar-refractivity contribution is 7.47. The zero-order chi connectivity index (χ0) is 66.9. The predicted molar refractivity (Wildman–Crippen MR) is 399 cm³/mol. The lowest BCUT2D eigenvalue weighted by atomic mass is 10.0. The molecule has 10 heteroatoms. The van der Waals surface area contributed by atoms with Crippen LogP contribution in [0.15, 0.2) is 170 Å². The number of likely N-dealkylation sites (N-methyl/N-ethyl adjacent to an activating group) is 1. The first-order valence-corrected chi connectivity index (χ1v) is 38.4. The number of ether oxygens (including phenoxy) is 2. The van der Waals surface area contributed by atoms with Crippen LogP contribution in [0.5, 0.6) is 0 Å². The molecule has 0 radical (unpaired) electrons. The number of nitrogens with zero attached hydrogens (tertiary/aromatic N) is 1. The fourth-order valence-corrected chi connectivity index (χ4v) is 10.4. The van der Waals surface area contributed by atoms with Crippen LogP contribution in [-0.2, 0) is 32.7 Å². The molecule has 92 heavy (non-hydrogen) atoms. The van der Waals surface area contributed by atoms with Crippen LogP contribution in [0.2, 0.25) is 0 Å². The lowest BCUT2D eigenvalue weighted by molar-refractivity contribution is -0.870. The highest BCUT2D eigenvalue weighted by Gasteiger charge is 2.27. The SMILES string of the molecule is CC/C=C\C/C=C\C/C=C\C/C=C\C/C=C\C/C=C\C/C=C\C/C=C\C/C=C\C/C=C\C/C=C\CCCCCCCC(=O)OC(COC(=O)CCCCCCCCCCCCCCCC/C=C\C/C=C\C/C=C\CCCCCCC)COP(=O)(O)OCC[N+](C)(C)C. The molecule has 0 heterocycles. The second-order valence-corrected chi connectivity index (χ2v) is 26.7. The highest BCUT2D eigenvalue weighted by atomic mass is 31.2. The van der Waals surface area contributed by atoms with E-state index in [2.05, 4.69) is 184 Å². The summed E-state index contributed by atoms with van der Waals surface area (Å²) in [5.74, 6) is -0.826. The number of unbranched alkanes of at least 4 members (excludes halogenated alkanes) is 24. The molecule has 0 aliphatic carbocycles. The van der Waals surface area contributed by atoms with E-state index in [4.69, 9.17) is 18.5 Å². The van der Waals surface area contributed by atoms with Crippen LogP contribution >= 0.6 is 7.82 Å². The van der Waals surface area contributed by atoms with Gasteiger partial charge in [0.25, 0.3) is 0 Å². The van der Waals surface area contributed by atoms with E-state index in [0.717, 1.165) is 135 Å². The minimum atomic E-state index is -4.41. The van der Waals surface area contributed by atoms with Gasteiger partial charge in [-0.25, -0.2) is 4.57 Å². The van der Waals surface area contributed by atoms with Gasteiger partial charge in [-0.1, -0.05) is 306 Å². The van der Waals surface area contributed by atoms with Crippen LogP contribution in [0.3, 0.4) is 0 Å². The van der Waals surface area contributed by atoms with Crippen LogP contribution in [0.4, 0.5) is 0 Å². The highest BCUT2D eigenvalue weighted by Crippen LogP contribution is 2.43. The second kappa shape index (κ2) is 70.7. The summed E-state index contributed by atoms with van der Waals surface area (Å²) in [7, 11) is 1.45. The lowest BCUT2D eigenvalue weighted by Crippen LogP contribution is -2.37. The average molecular weight is 1300 g/mol. The van der Waals surface area contributed by atoms with Gasteiger partial charge in [0.1, 0.15) is 19.8 Å². The molecule has 0 rings (SSSR count). The molecule has 0 spiro atoms. The fourth-order valence-electron chi connectivity index (χ4n) is 9.62. The first kappa shape index (κ1) is 87.4. The fraction of sp³-hybridized carbons (Fsp3) is 0.634. The summed E-state index contributed by atoms with van der Waals surface area (Å²) in [5.41, 5.74) is 0. The van der Waals surface area contributed by atoms with Gasteiger partial charge in [-0.05, 0) is 135 Å². The van der Waals surface area contributed by atoms with Crippen molar-refractivity contribution in [2.45, 2.75) is 290 Å². The van der Waals surface area contributed by atoms with E-state index >= 15 is 0 Å². The number of rotatable bonds is 66. The Morgan fingerprint density at radius 2 is 0.620 bits per heavy atom. The molecule has 0 saturated carbocycles. The van der Waals surface area contributed by atoms with Gasteiger partial charge in [0.05, 0.1) is 27.7 Å². The third kappa shape index (κ3) is 74.4. The summed E-state index contributed by atoms with van der Waals surface area (Å²) in [5, 5.41) is 0. The zero-order valence-corrected chi connectivity index (χ0v) is 60.4. The summed E-state index contributed by atoms with van der Waals surface area (Å²) in [4.78, 5) is 35.9. The number of allylic oxidation sites excluding steroid dienone is 28. The van der Waals surface area contributed by atoms with E-state index in [1.54, 1.807) is 0 Å².